The van der Waals surface area contributed by atoms with Gasteiger partial charge in [-0.25, -0.2) is 0 Å². The molecule has 4 aromatic rings. The molecule has 1 heterocycles. The van der Waals surface area contributed by atoms with Crippen molar-refractivity contribution in [3.8, 4) is 11.5 Å². The largest absolute Gasteiger partial charge is 0.495 e. The van der Waals surface area contributed by atoms with Gasteiger partial charge in [0.25, 0.3) is 5.91 Å². The van der Waals surface area contributed by atoms with Gasteiger partial charge < -0.3 is 19.2 Å². The minimum Gasteiger partial charge on any atom is -0.495 e. The molecular weight excluding hydrogens is 366 g/mol. The predicted octanol–water partition coefficient (Wildman–Crippen LogP) is 5.58. The van der Waals surface area contributed by atoms with E-state index < -0.39 is 0 Å². The number of methoxy groups -OCH3 is 1. The average Bonchev–Trinajstić information content (AvgIpc) is 3.22. The highest BCUT2D eigenvalue weighted by Crippen LogP contribution is 2.27. The Morgan fingerprint density at radius 1 is 0.966 bits per heavy atom. The SMILES string of the molecule is COc1ccc(C)cc1NC(=O)c1ccc(COc2cccc3ccccc23)o1. The molecule has 0 saturated heterocycles. The second kappa shape index (κ2) is 8.10. The summed E-state index contributed by atoms with van der Waals surface area (Å²) in [5.41, 5.74) is 1.62. The summed E-state index contributed by atoms with van der Waals surface area (Å²) in [5, 5.41) is 4.97. The van der Waals surface area contributed by atoms with Gasteiger partial charge in [-0.2, -0.15) is 0 Å². The molecule has 0 fully saturated rings. The van der Waals surface area contributed by atoms with Gasteiger partial charge in [-0.05, 0) is 48.2 Å². The summed E-state index contributed by atoms with van der Waals surface area (Å²) in [6.07, 6.45) is 0. The second-order valence-electron chi connectivity index (χ2n) is 6.69. The normalized spacial score (nSPS) is 10.7. The molecule has 1 aromatic heterocycles. The third kappa shape index (κ3) is 4.09. The Balaban J connectivity index is 1.46. The summed E-state index contributed by atoms with van der Waals surface area (Å²) in [6.45, 7) is 2.18. The summed E-state index contributed by atoms with van der Waals surface area (Å²) in [5.74, 6) is 1.81. The molecular formula is C24H21NO4. The number of nitrogens with one attached hydrogen (secondary N) is 1. The second-order valence-corrected chi connectivity index (χ2v) is 6.69. The molecule has 3 aromatic carbocycles. The van der Waals surface area contributed by atoms with E-state index in [0.29, 0.717) is 17.2 Å². The van der Waals surface area contributed by atoms with Crippen molar-refractivity contribution in [2.75, 3.05) is 12.4 Å². The van der Waals surface area contributed by atoms with Crippen LogP contribution in [0.5, 0.6) is 11.5 Å². The number of benzene rings is 3. The fraction of sp³-hybridized carbons (Fsp3) is 0.125. The maximum Gasteiger partial charge on any atom is 0.291 e. The number of amides is 1. The highest BCUT2D eigenvalue weighted by molar-refractivity contribution is 6.03. The minimum atomic E-state index is -0.342. The van der Waals surface area contributed by atoms with Crippen molar-refractivity contribution >= 4 is 22.4 Å². The molecule has 0 aliphatic carbocycles. The Morgan fingerprint density at radius 3 is 2.66 bits per heavy atom. The van der Waals surface area contributed by atoms with Gasteiger partial charge in [-0.1, -0.05) is 42.5 Å². The van der Waals surface area contributed by atoms with Crippen LogP contribution in [0.2, 0.25) is 0 Å². The Kier molecular flexibility index (Phi) is 5.20. The van der Waals surface area contributed by atoms with Gasteiger partial charge in [0.1, 0.15) is 23.9 Å². The van der Waals surface area contributed by atoms with Gasteiger partial charge in [0.05, 0.1) is 12.8 Å². The summed E-state index contributed by atoms with van der Waals surface area (Å²) in [6, 6.07) is 22.9. The lowest BCUT2D eigenvalue weighted by molar-refractivity contribution is 0.0992. The van der Waals surface area contributed by atoms with E-state index >= 15 is 0 Å². The van der Waals surface area contributed by atoms with Gasteiger partial charge >= 0.3 is 0 Å². The van der Waals surface area contributed by atoms with Crippen LogP contribution in [-0.2, 0) is 6.61 Å². The van der Waals surface area contributed by atoms with Crippen molar-refractivity contribution in [1.29, 1.82) is 0 Å². The Bertz CT molecular complexity index is 1160. The molecule has 0 radical (unpaired) electrons. The number of anilines is 1. The number of carbonyl (C=O) groups excluding carboxylic acids is 1. The van der Waals surface area contributed by atoms with Crippen LogP contribution in [0, 0.1) is 6.92 Å². The van der Waals surface area contributed by atoms with Crippen molar-refractivity contribution < 1.29 is 18.7 Å². The molecule has 0 unspecified atom stereocenters. The molecule has 0 aliphatic rings. The number of carbonyl (C=O) groups is 1. The Hall–Kier alpha value is -3.73. The number of hydrogen-bond acceptors (Lipinski definition) is 4. The molecule has 5 heteroatoms. The first kappa shape index (κ1) is 18.6. The van der Waals surface area contributed by atoms with E-state index in [0.717, 1.165) is 22.1 Å². The van der Waals surface area contributed by atoms with E-state index in [9.17, 15) is 4.79 Å². The number of fused-ring (bicyclic) bond motifs is 1. The molecule has 0 bridgehead atoms. The summed E-state index contributed by atoms with van der Waals surface area (Å²) < 4.78 is 16.9. The highest BCUT2D eigenvalue weighted by Gasteiger charge is 2.14. The monoisotopic (exact) mass is 387 g/mol. The molecule has 1 amide bonds. The smallest absolute Gasteiger partial charge is 0.291 e. The van der Waals surface area contributed by atoms with E-state index in [1.165, 1.54) is 0 Å². The quantitative estimate of drug-likeness (QED) is 0.469. The van der Waals surface area contributed by atoms with Crippen LogP contribution in [0.3, 0.4) is 0 Å². The number of furan rings is 1. The van der Waals surface area contributed by atoms with Crippen molar-refractivity contribution in [3.63, 3.8) is 0 Å². The van der Waals surface area contributed by atoms with Crippen molar-refractivity contribution in [1.82, 2.24) is 0 Å². The van der Waals surface area contributed by atoms with Crippen LogP contribution in [0.25, 0.3) is 10.8 Å². The number of ether oxygens (including phenoxy) is 2. The van der Waals surface area contributed by atoms with Gasteiger partial charge in [0, 0.05) is 5.39 Å². The van der Waals surface area contributed by atoms with E-state index in [4.69, 9.17) is 13.9 Å². The average molecular weight is 387 g/mol. The van der Waals surface area contributed by atoms with E-state index in [1.807, 2.05) is 67.6 Å². The first-order valence-corrected chi connectivity index (χ1v) is 9.29. The number of hydrogen-bond donors (Lipinski definition) is 1. The van der Waals surface area contributed by atoms with Crippen LogP contribution >= 0.6 is 0 Å². The van der Waals surface area contributed by atoms with Crippen molar-refractivity contribution in [3.05, 3.63) is 89.9 Å². The van der Waals surface area contributed by atoms with Crippen LogP contribution < -0.4 is 14.8 Å². The van der Waals surface area contributed by atoms with E-state index in [1.54, 1.807) is 19.2 Å². The molecule has 0 saturated carbocycles. The lowest BCUT2D eigenvalue weighted by atomic mass is 10.1. The van der Waals surface area contributed by atoms with Crippen LogP contribution in [-0.4, -0.2) is 13.0 Å². The van der Waals surface area contributed by atoms with Crippen molar-refractivity contribution in [2.45, 2.75) is 13.5 Å². The molecule has 146 valence electrons. The molecule has 29 heavy (non-hydrogen) atoms. The first-order valence-electron chi connectivity index (χ1n) is 9.29. The van der Waals surface area contributed by atoms with Crippen molar-refractivity contribution in [2.24, 2.45) is 0 Å². The fourth-order valence-corrected chi connectivity index (χ4v) is 3.15. The molecule has 4 rings (SSSR count). The van der Waals surface area contributed by atoms with E-state index in [-0.39, 0.29) is 18.3 Å². The standard InChI is InChI=1S/C24H21NO4/c1-16-10-12-22(27-2)20(14-16)25-24(26)23-13-11-18(29-23)15-28-21-9-5-7-17-6-3-4-8-19(17)21/h3-14H,15H2,1-2H3,(H,25,26). The molecule has 1 N–H and O–H groups in total. The zero-order chi connectivity index (χ0) is 20.2. The lowest BCUT2D eigenvalue weighted by Crippen LogP contribution is -2.12. The summed E-state index contributed by atoms with van der Waals surface area (Å²) in [4.78, 5) is 12.6. The summed E-state index contributed by atoms with van der Waals surface area (Å²) in [7, 11) is 1.57. The lowest BCUT2D eigenvalue weighted by Gasteiger charge is -2.10. The Morgan fingerprint density at radius 2 is 1.79 bits per heavy atom. The number of aryl methyl sites for hydroxylation is 1. The molecule has 0 atom stereocenters. The van der Waals surface area contributed by atoms with Crippen LogP contribution in [0.1, 0.15) is 21.9 Å². The van der Waals surface area contributed by atoms with E-state index in [2.05, 4.69) is 5.32 Å². The highest BCUT2D eigenvalue weighted by atomic mass is 16.5. The molecule has 0 aliphatic heterocycles. The minimum absolute atomic E-state index is 0.213. The topological polar surface area (TPSA) is 60.7 Å². The molecule has 5 nitrogen and oxygen atoms in total. The Labute approximate surface area is 168 Å². The predicted molar refractivity (Wildman–Crippen MR) is 113 cm³/mol. The van der Waals surface area contributed by atoms with Gasteiger partial charge in [0.2, 0.25) is 0 Å². The molecule has 0 spiro atoms. The maximum atomic E-state index is 12.6. The van der Waals surface area contributed by atoms with Gasteiger partial charge in [-0.15, -0.1) is 0 Å². The zero-order valence-corrected chi connectivity index (χ0v) is 16.3. The summed E-state index contributed by atoms with van der Waals surface area (Å²) >= 11 is 0. The zero-order valence-electron chi connectivity index (χ0n) is 16.3. The van der Waals surface area contributed by atoms with Gasteiger partial charge in [-0.3, -0.25) is 4.79 Å². The van der Waals surface area contributed by atoms with Crippen LogP contribution in [0.4, 0.5) is 5.69 Å². The fourth-order valence-electron chi connectivity index (χ4n) is 3.15. The maximum absolute atomic E-state index is 12.6. The third-order valence-electron chi connectivity index (χ3n) is 4.61. The van der Waals surface area contributed by atoms with Gasteiger partial charge in [0.15, 0.2) is 5.76 Å². The first-order chi connectivity index (χ1) is 14.1. The van der Waals surface area contributed by atoms with Crippen LogP contribution in [0.15, 0.2) is 77.2 Å². The number of rotatable bonds is 6. The third-order valence-corrected chi connectivity index (χ3v) is 4.61.